The summed E-state index contributed by atoms with van der Waals surface area (Å²) >= 11 is 0. The van der Waals surface area contributed by atoms with Crippen LogP contribution in [0.15, 0.2) is 24.3 Å². The molecule has 0 saturated carbocycles. The van der Waals surface area contributed by atoms with E-state index in [9.17, 15) is 14.7 Å². The number of aliphatic hydroxyl groups is 1. The second-order valence-electron chi connectivity index (χ2n) is 8.06. The largest absolute Gasteiger partial charge is 0.484 e. The third-order valence-electron chi connectivity index (χ3n) is 5.85. The van der Waals surface area contributed by atoms with E-state index in [0.29, 0.717) is 32.6 Å². The van der Waals surface area contributed by atoms with Crippen LogP contribution >= 0.6 is 0 Å². The minimum absolute atomic E-state index is 0.0147. The SMILES string of the molecule is Cc1ccccc1OCC(=O)N1CCC2(CCC(=O)N(C[C@@H](C)O)C2)CC1. The highest BCUT2D eigenvalue weighted by molar-refractivity contribution is 5.78. The summed E-state index contributed by atoms with van der Waals surface area (Å²) in [5, 5.41) is 9.64. The third-order valence-corrected chi connectivity index (χ3v) is 5.85. The highest BCUT2D eigenvalue weighted by Gasteiger charge is 2.41. The van der Waals surface area contributed by atoms with Gasteiger partial charge in [-0.2, -0.15) is 0 Å². The molecule has 27 heavy (non-hydrogen) atoms. The number of benzene rings is 1. The van der Waals surface area contributed by atoms with Gasteiger partial charge in [0.2, 0.25) is 5.91 Å². The molecule has 6 heteroatoms. The van der Waals surface area contributed by atoms with Crippen LogP contribution in [0.5, 0.6) is 5.75 Å². The number of hydrogen-bond acceptors (Lipinski definition) is 4. The molecule has 1 atom stereocenters. The Hall–Kier alpha value is -2.08. The lowest BCUT2D eigenvalue weighted by Gasteiger charge is -2.47. The predicted molar refractivity (Wildman–Crippen MR) is 102 cm³/mol. The summed E-state index contributed by atoms with van der Waals surface area (Å²) in [6, 6.07) is 7.70. The Labute approximate surface area is 161 Å². The number of rotatable bonds is 5. The fourth-order valence-electron chi connectivity index (χ4n) is 4.18. The van der Waals surface area contributed by atoms with Crippen LogP contribution < -0.4 is 4.74 Å². The Bertz CT molecular complexity index is 681. The summed E-state index contributed by atoms with van der Waals surface area (Å²) in [6.07, 6.45) is 2.70. The van der Waals surface area contributed by atoms with Gasteiger partial charge in [0.05, 0.1) is 6.10 Å². The number of piperidine rings is 2. The zero-order valence-electron chi connectivity index (χ0n) is 16.3. The fraction of sp³-hybridized carbons (Fsp3) is 0.619. The molecule has 3 rings (SSSR count). The Morgan fingerprint density at radius 3 is 2.63 bits per heavy atom. The topological polar surface area (TPSA) is 70.1 Å². The molecule has 2 aliphatic heterocycles. The molecule has 0 bridgehead atoms. The number of β-amino-alcohol motifs (C(OH)–C–C–N with tert-alkyl or cyclic N) is 1. The first kappa shape index (κ1) is 19.7. The standard InChI is InChI=1S/C21H30N2O4/c1-16-5-3-4-6-18(16)27-14-20(26)22-11-9-21(10-12-22)8-7-19(25)23(15-21)13-17(2)24/h3-6,17,24H,7-15H2,1-2H3/t17-/m1/s1. The van der Waals surface area contributed by atoms with Crippen molar-refractivity contribution >= 4 is 11.8 Å². The highest BCUT2D eigenvalue weighted by Crippen LogP contribution is 2.40. The van der Waals surface area contributed by atoms with Gasteiger partial charge < -0.3 is 19.6 Å². The van der Waals surface area contributed by atoms with Gasteiger partial charge in [-0.15, -0.1) is 0 Å². The third kappa shape index (κ3) is 4.80. The summed E-state index contributed by atoms with van der Waals surface area (Å²) in [7, 11) is 0. The van der Waals surface area contributed by atoms with Gasteiger partial charge in [-0.05, 0) is 50.2 Å². The summed E-state index contributed by atoms with van der Waals surface area (Å²) in [4.78, 5) is 28.3. The number of carbonyl (C=O) groups is 2. The maximum Gasteiger partial charge on any atom is 0.260 e. The molecule has 0 radical (unpaired) electrons. The van der Waals surface area contributed by atoms with Crippen molar-refractivity contribution in [3.05, 3.63) is 29.8 Å². The Morgan fingerprint density at radius 2 is 1.96 bits per heavy atom. The number of aryl methyl sites for hydroxylation is 1. The lowest BCUT2D eigenvalue weighted by atomic mass is 9.72. The van der Waals surface area contributed by atoms with Gasteiger partial charge in [-0.1, -0.05) is 18.2 Å². The van der Waals surface area contributed by atoms with Crippen LogP contribution in [-0.2, 0) is 9.59 Å². The normalized spacial score (nSPS) is 20.6. The lowest BCUT2D eigenvalue weighted by molar-refractivity contribution is -0.144. The van der Waals surface area contributed by atoms with Crippen molar-refractivity contribution in [2.24, 2.45) is 5.41 Å². The number of carbonyl (C=O) groups excluding carboxylic acids is 2. The van der Waals surface area contributed by atoms with E-state index in [2.05, 4.69) is 0 Å². The molecule has 2 aliphatic rings. The predicted octanol–water partition coefficient (Wildman–Crippen LogP) is 1.99. The number of aliphatic hydroxyl groups excluding tert-OH is 1. The first-order chi connectivity index (χ1) is 12.9. The number of likely N-dealkylation sites (tertiary alicyclic amines) is 2. The second-order valence-corrected chi connectivity index (χ2v) is 8.06. The van der Waals surface area contributed by atoms with Gasteiger partial charge >= 0.3 is 0 Å². The minimum Gasteiger partial charge on any atom is -0.484 e. The maximum absolute atomic E-state index is 12.5. The molecule has 2 amide bonds. The molecule has 1 spiro atoms. The van der Waals surface area contributed by atoms with Crippen LogP contribution in [-0.4, -0.2) is 65.6 Å². The molecule has 6 nitrogen and oxygen atoms in total. The van der Waals surface area contributed by atoms with Gasteiger partial charge in [-0.3, -0.25) is 9.59 Å². The van der Waals surface area contributed by atoms with Crippen LogP contribution in [0.25, 0.3) is 0 Å². The van der Waals surface area contributed by atoms with E-state index in [4.69, 9.17) is 4.74 Å². The van der Waals surface area contributed by atoms with Crippen molar-refractivity contribution in [1.29, 1.82) is 0 Å². The lowest BCUT2D eigenvalue weighted by Crippen LogP contribution is -2.53. The van der Waals surface area contributed by atoms with E-state index in [1.807, 2.05) is 36.1 Å². The molecular weight excluding hydrogens is 344 g/mol. The number of para-hydroxylation sites is 1. The molecule has 2 fully saturated rings. The second kappa shape index (κ2) is 8.30. The number of amides is 2. The van der Waals surface area contributed by atoms with Crippen LogP contribution in [0.3, 0.4) is 0 Å². The van der Waals surface area contributed by atoms with Crippen LogP contribution in [0.4, 0.5) is 0 Å². The Morgan fingerprint density at radius 1 is 1.26 bits per heavy atom. The molecular formula is C21H30N2O4. The minimum atomic E-state index is -0.510. The van der Waals surface area contributed by atoms with Gasteiger partial charge in [0.15, 0.2) is 6.61 Å². The Balaban J connectivity index is 1.51. The Kier molecular flexibility index (Phi) is 6.05. The molecule has 1 aromatic rings. The smallest absolute Gasteiger partial charge is 0.260 e. The monoisotopic (exact) mass is 374 g/mol. The van der Waals surface area contributed by atoms with Crippen molar-refractivity contribution in [1.82, 2.24) is 9.80 Å². The fourth-order valence-corrected chi connectivity index (χ4v) is 4.18. The van der Waals surface area contributed by atoms with E-state index in [-0.39, 0.29) is 23.8 Å². The summed E-state index contributed by atoms with van der Waals surface area (Å²) in [5.74, 6) is 0.895. The first-order valence-corrected chi connectivity index (χ1v) is 9.81. The van der Waals surface area contributed by atoms with Crippen LogP contribution in [0, 0.1) is 12.3 Å². The van der Waals surface area contributed by atoms with Crippen molar-refractivity contribution in [3.63, 3.8) is 0 Å². The van der Waals surface area contributed by atoms with Gasteiger partial charge in [0, 0.05) is 32.6 Å². The van der Waals surface area contributed by atoms with E-state index < -0.39 is 6.10 Å². The molecule has 148 valence electrons. The van der Waals surface area contributed by atoms with Crippen molar-refractivity contribution in [3.8, 4) is 5.75 Å². The van der Waals surface area contributed by atoms with Crippen molar-refractivity contribution in [2.75, 3.05) is 32.8 Å². The van der Waals surface area contributed by atoms with Gasteiger partial charge in [0.1, 0.15) is 5.75 Å². The molecule has 1 N–H and O–H groups in total. The van der Waals surface area contributed by atoms with E-state index in [1.54, 1.807) is 11.8 Å². The van der Waals surface area contributed by atoms with Gasteiger partial charge in [0.25, 0.3) is 5.91 Å². The maximum atomic E-state index is 12.5. The number of nitrogens with zero attached hydrogens (tertiary/aromatic N) is 2. The summed E-state index contributed by atoms with van der Waals surface area (Å²) < 4.78 is 5.69. The molecule has 2 saturated heterocycles. The average Bonchev–Trinajstić information content (AvgIpc) is 2.64. The molecule has 1 aromatic carbocycles. The molecule has 0 aliphatic carbocycles. The first-order valence-electron chi connectivity index (χ1n) is 9.81. The van der Waals surface area contributed by atoms with Crippen LogP contribution in [0.2, 0.25) is 0 Å². The van der Waals surface area contributed by atoms with E-state index >= 15 is 0 Å². The summed E-state index contributed by atoms with van der Waals surface area (Å²) in [6.45, 7) is 6.23. The van der Waals surface area contributed by atoms with Crippen molar-refractivity contribution in [2.45, 2.75) is 45.6 Å². The van der Waals surface area contributed by atoms with E-state index in [1.165, 1.54) is 0 Å². The van der Waals surface area contributed by atoms with Crippen molar-refractivity contribution < 1.29 is 19.4 Å². The quantitative estimate of drug-likeness (QED) is 0.856. The molecule has 0 unspecified atom stereocenters. The van der Waals surface area contributed by atoms with E-state index in [0.717, 1.165) is 30.6 Å². The van der Waals surface area contributed by atoms with Gasteiger partial charge in [-0.25, -0.2) is 0 Å². The zero-order chi connectivity index (χ0) is 19.4. The van der Waals surface area contributed by atoms with Crippen LogP contribution in [0.1, 0.15) is 38.2 Å². The molecule has 0 aromatic heterocycles. The average molecular weight is 374 g/mol. The number of hydrogen-bond donors (Lipinski definition) is 1. The zero-order valence-corrected chi connectivity index (χ0v) is 16.3. The summed E-state index contributed by atoms with van der Waals surface area (Å²) in [5.41, 5.74) is 1.10. The molecule has 2 heterocycles. The highest BCUT2D eigenvalue weighted by atomic mass is 16.5. The number of ether oxygens (including phenoxy) is 1.